The van der Waals surface area contributed by atoms with Crippen molar-refractivity contribution in [2.45, 2.75) is 27.7 Å². The fourth-order valence-corrected chi connectivity index (χ4v) is 1.09. The van der Waals surface area contributed by atoms with Crippen LogP contribution < -0.4 is 4.74 Å². The average molecular weight is 234 g/mol. The number of ether oxygens (including phenoxy) is 2. The van der Waals surface area contributed by atoms with E-state index in [1.165, 1.54) is 0 Å². The van der Waals surface area contributed by atoms with Crippen molar-refractivity contribution in [3.63, 3.8) is 0 Å². The van der Waals surface area contributed by atoms with E-state index in [2.05, 4.69) is 6.58 Å². The van der Waals surface area contributed by atoms with Gasteiger partial charge < -0.3 is 9.47 Å². The summed E-state index contributed by atoms with van der Waals surface area (Å²) in [6.45, 7) is 10.8. The summed E-state index contributed by atoms with van der Waals surface area (Å²) in [5, 5.41) is 0. The predicted molar refractivity (Wildman–Crippen MR) is 66.5 cm³/mol. The van der Waals surface area contributed by atoms with Crippen LogP contribution >= 0.6 is 0 Å². The van der Waals surface area contributed by atoms with Crippen molar-refractivity contribution in [3.05, 3.63) is 42.4 Å². The van der Waals surface area contributed by atoms with Gasteiger partial charge in [-0.3, -0.25) is 4.79 Å². The van der Waals surface area contributed by atoms with Crippen molar-refractivity contribution < 1.29 is 14.3 Å². The summed E-state index contributed by atoms with van der Waals surface area (Å²) < 4.78 is 10.3. The molecule has 1 aromatic rings. The molecule has 0 atom stereocenters. The Kier molecular flexibility index (Phi) is 3.94. The average Bonchev–Trinajstić information content (AvgIpc) is 2.15. The lowest BCUT2D eigenvalue weighted by molar-refractivity contribution is -0.151. The number of carbonyl (C=O) groups is 1. The molecular formula is C14H18O3. The molecule has 3 nitrogen and oxygen atoms in total. The van der Waals surface area contributed by atoms with Crippen LogP contribution in [0.2, 0.25) is 0 Å². The maximum atomic E-state index is 11.6. The second-order valence-electron chi connectivity index (χ2n) is 4.93. The number of aryl methyl sites for hydroxylation is 1. The Morgan fingerprint density at radius 3 is 2.47 bits per heavy atom. The highest BCUT2D eigenvalue weighted by Gasteiger charge is 2.24. The van der Waals surface area contributed by atoms with Gasteiger partial charge >= 0.3 is 5.97 Å². The molecule has 17 heavy (non-hydrogen) atoms. The molecule has 92 valence electrons. The van der Waals surface area contributed by atoms with E-state index in [0.717, 1.165) is 5.56 Å². The molecule has 0 aliphatic heterocycles. The molecule has 0 unspecified atom stereocenters. The fraction of sp³-hybridized carbons (Fsp3) is 0.357. The molecule has 0 aromatic heterocycles. The second kappa shape index (κ2) is 5.04. The van der Waals surface area contributed by atoms with E-state index in [-0.39, 0.29) is 11.9 Å². The highest BCUT2D eigenvalue weighted by molar-refractivity contribution is 5.76. The first-order valence-corrected chi connectivity index (χ1v) is 5.45. The molecular weight excluding hydrogens is 216 g/mol. The Morgan fingerprint density at radius 2 is 1.94 bits per heavy atom. The van der Waals surface area contributed by atoms with Crippen LogP contribution in [0.5, 0.6) is 5.75 Å². The van der Waals surface area contributed by atoms with Crippen LogP contribution in [0.3, 0.4) is 0 Å². The van der Waals surface area contributed by atoms with Crippen molar-refractivity contribution in [1.29, 1.82) is 0 Å². The van der Waals surface area contributed by atoms with Gasteiger partial charge in [0.15, 0.2) is 0 Å². The number of carbonyl (C=O) groups excluding carboxylic acids is 1. The van der Waals surface area contributed by atoms with Crippen molar-refractivity contribution in [1.82, 2.24) is 0 Å². The van der Waals surface area contributed by atoms with Gasteiger partial charge in [0.2, 0.25) is 0 Å². The van der Waals surface area contributed by atoms with Gasteiger partial charge in [-0.05, 0) is 52.0 Å². The smallest absolute Gasteiger partial charge is 0.318 e. The Hall–Kier alpha value is -1.77. The van der Waals surface area contributed by atoms with Crippen LogP contribution in [0.15, 0.2) is 36.8 Å². The second-order valence-corrected chi connectivity index (χ2v) is 4.93. The molecule has 0 N–H and O–H groups in total. The standard InChI is InChI=1S/C14H18O3/c1-10-7-6-8-12(9-10)16-11(2)17-13(15)14(3,4)5/h6-9H,2H2,1,3-5H3. The third kappa shape index (κ3) is 4.31. The first-order chi connectivity index (χ1) is 7.79. The van der Waals surface area contributed by atoms with Crippen LogP contribution in [-0.4, -0.2) is 5.97 Å². The SMILES string of the molecule is C=C(OC(=O)C(C)(C)C)Oc1cccc(C)c1. The van der Waals surface area contributed by atoms with Crippen molar-refractivity contribution in [3.8, 4) is 5.75 Å². The Labute approximate surface area is 102 Å². The summed E-state index contributed by atoms with van der Waals surface area (Å²) in [6.07, 6.45) is 0. The van der Waals surface area contributed by atoms with Gasteiger partial charge in [0.05, 0.1) is 5.41 Å². The molecule has 0 amide bonds. The lowest BCUT2D eigenvalue weighted by atomic mass is 9.97. The molecule has 0 saturated carbocycles. The maximum absolute atomic E-state index is 11.6. The molecule has 0 spiro atoms. The summed E-state index contributed by atoms with van der Waals surface area (Å²) in [6, 6.07) is 7.44. The molecule has 1 aromatic carbocycles. The number of rotatable bonds is 3. The summed E-state index contributed by atoms with van der Waals surface area (Å²) in [7, 11) is 0. The fourth-order valence-electron chi connectivity index (χ4n) is 1.09. The van der Waals surface area contributed by atoms with E-state index >= 15 is 0 Å². The number of benzene rings is 1. The zero-order chi connectivity index (χ0) is 13.1. The highest BCUT2D eigenvalue weighted by atomic mass is 16.7. The number of hydrogen-bond acceptors (Lipinski definition) is 3. The lowest BCUT2D eigenvalue weighted by Crippen LogP contribution is -2.23. The molecule has 0 heterocycles. The van der Waals surface area contributed by atoms with Gasteiger partial charge in [-0.25, -0.2) is 0 Å². The first kappa shape index (κ1) is 13.3. The zero-order valence-electron chi connectivity index (χ0n) is 10.7. The molecule has 0 fully saturated rings. The third-order valence-electron chi connectivity index (χ3n) is 2.04. The highest BCUT2D eigenvalue weighted by Crippen LogP contribution is 2.19. The van der Waals surface area contributed by atoms with Crippen LogP contribution in [-0.2, 0) is 9.53 Å². The Balaban J connectivity index is 2.59. The van der Waals surface area contributed by atoms with E-state index in [1.54, 1.807) is 26.8 Å². The van der Waals surface area contributed by atoms with E-state index in [1.807, 2.05) is 25.1 Å². The predicted octanol–water partition coefficient (Wildman–Crippen LogP) is 3.43. The zero-order valence-corrected chi connectivity index (χ0v) is 10.7. The molecule has 0 aliphatic carbocycles. The summed E-state index contributed by atoms with van der Waals surface area (Å²) >= 11 is 0. The van der Waals surface area contributed by atoms with Gasteiger partial charge in [0.1, 0.15) is 5.75 Å². The monoisotopic (exact) mass is 234 g/mol. The van der Waals surface area contributed by atoms with E-state index in [0.29, 0.717) is 5.75 Å². The number of esters is 1. The minimum atomic E-state index is -0.571. The summed E-state index contributed by atoms with van der Waals surface area (Å²) in [5.74, 6) is 0.238. The normalized spacial score (nSPS) is 10.8. The minimum Gasteiger partial charge on any atom is -0.426 e. The first-order valence-electron chi connectivity index (χ1n) is 5.45. The van der Waals surface area contributed by atoms with Gasteiger partial charge in [-0.2, -0.15) is 0 Å². The van der Waals surface area contributed by atoms with Crippen LogP contribution in [0, 0.1) is 12.3 Å². The largest absolute Gasteiger partial charge is 0.426 e. The van der Waals surface area contributed by atoms with Gasteiger partial charge in [0, 0.05) is 0 Å². The summed E-state index contributed by atoms with van der Waals surface area (Å²) in [4.78, 5) is 11.6. The van der Waals surface area contributed by atoms with Crippen LogP contribution in [0.4, 0.5) is 0 Å². The van der Waals surface area contributed by atoms with Crippen LogP contribution in [0.1, 0.15) is 26.3 Å². The third-order valence-corrected chi connectivity index (χ3v) is 2.04. The van der Waals surface area contributed by atoms with Crippen molar-refractivity contribution >= 4 is 5.97 Å². The quantitative estimate of drug-likeness (QED) is 0.593. The topological polar surface area (TPSA) is 35.5 Å². The number of hydrogen-bond donors (Lipinski definition) is 0. The molecule has 3 heteroatoms. The van der Waals surface area contributed by atoms with Gasteiger partial charge in [-0.1, -0.05) is 12.1 Å². The molecule has 0 radical (unpaired) electrons. The van der Waals surface area contributed by atoms with E-state index < -0.39 is 5.41 Å². The lowest BCUT2D eigenvalue weighted by Gasteiger charge is -2.17. The molecule has 0 aliphatic rings. The molecule has 1 rings (SSSR count). The summed E-state index contributed by atoms with van der Waals surface area (Å²) in [5.41, 5.74) is 0.497. The Bertz CT molecular complexity index is 427. The maximum Gasteiger partial charge on any atom is 0.318 e. The van der Waals surface area contributed by atoms with Crippen molar-refractivity contribution in [2.75, 3.05) is 0 Å². The van der Waals surface area contributed by atoms with Gasteiger partial charge in [-0.15, -0.1) is 0 Å². The van der Waals surface area contributed by atoms with E-state index in [9.17, 15) is 4.79 Å². The van der Waals surface area contributed by atoms with E-state index in [4.69, 9.17) is 9.47 Å². The van der Waals surface area contributed by atoms with Crippen molar-refractivity contribution in [2.24, 2.45) is 5.41 Å². The minimum absolute atomic E-state index is 0.00414. The Morgan fingerprint density at radius 1 is 1.29 bits per heavy atom. The molecule has 0 bridgehead atoms. The van der Waals surface area contributed by atoms with Crippen LogP contribution in [0.25, 0.3) is 0 Å². The van der Waals surface area contributed by atoms with Gasteiger partial charge in [0.25, 0.3) is 5.95 Å². The molecule has 0 saturated heterocycles.